The van der Waals surface area contributed by atoms with Crippen molar-refractivity contribution < 1.29 is 13.2 Å². The van der Waals surface area contributed by atoms with Crippen molar-refractivity contribution in [1.82, 2.24) is 0 Å². The van der Waals surface area contributed by atoms with Crippen LogP contribution in [0.4, 0.5) is 11.4 Å². The van der Waals surface area contributed by atoms with Crippen molar-refractivity contribution in [2.75, 3.05) is 22.7 Å². The summed E-state index contributed by atoms with van der Waals surface area (Å²) in [6.07, 6.45) is 3.90. The number of Topliss-reactive ketones (excluding diaryl/α,β-unsaturated/α-hetero) is 1. The Kier molecular flexibility index (Phi) is 7.86. The number of ketones is 1. The smallest absolute Gasteiger partial charge is 0.261 e. The minimum atomic E-state index is -3.82. The van der Waals surface area contributed by atoms with Gasteiger partial charge in [0.25, 0.3) is 10.0 Å². The molecule has 0 spiro atoms. The van der Waals surface area contributed by atoms with Crippen molar-refractivity contribution >= 4 is 38.5 Å². The minimum absolute atomic E-state index is 0.0667. The fraction of sp³-hybridized carbons (Fsp3) is 0.433. The van der Waals surface area contributed by atoms with E-state index in [0.717, 1.165) is 35.3 Å². The molecule has 0 amide bonds. The van der Waals surface area contributed by atoms with E-state index >= 15 is 0 Å². The first kappa shape index (κ1) is 27.4. The van der Waals surface area contributed by atoms with Gasteiger partial charge >= 0.3 is 0 Å². The zero-order chi connectivity index (χ0) is 27.0. The summed E-state index contributed by atoms with van der Waals surface area (Å²) in [7, 11) is -3.82. The number of nitrogens with one attached hydrogen (secondary N) is 1. The molecular weight excluding hydrogens is 500 g/mol. The van der Waals surface area contributed by atoms with Gasteiger partial charge in [-0.1, -0.05) is 39.0 Å². The number of piperidine rings is 1. The summed E-state index contributed by atoms with van der Waals surface area (Å²) in [4.78, 5) is 16.6. The van der Waals surface area contributed by atoms with Crippen LogP contribution in [-0.2, 0) is 21.9 Å². The number of nitrogens with zero attached hydrogens (tertiary/aromatic N) is 1. The molecule has 2 aromatic carbocycles. The largest absolute Gasteiger partial charge is 0.371 e. The molecule has 0 unspecified atom stereocenters. The lowest BCUT2D eigenvalue weighted by molar-refractivity contribution is 0.0997. The second-order valence-corrected chi connectivity index (χ2v) is 13.8. The van der Waals surface area contributed by atoms with E-state index in [-0.39, 0.29) is 22.5 Å². The predicted octanol–water partition coefficient (Wildman–Crippen LogP) is 7.19. The molecule has 1 aliphatic rings. The standard InChI is InChI=1S/C30H38N2O3S2/c1-20-18-21(2)28(32-15-8-7-9-16-32)22(3)25(20)19-27(33)29-26(14-17-36-29)31-37(34,35)24-12-10-23(11-13-24)30(4,5)6/h10-14,17-18,31H,7-9,15-16,19H2,1-6H3. The summed E-state index contributed by atoms with van der Waals surface area (Å²) in [5.74, 6) is -0.0737. The molecule has 7 heteroatoms. The van der Waals surface area contributed by atoms with Crippen LogP contribution in [0.3, 0.4) is 0 Å². The third-order valence-corrected chi connectivity index (χ3v) is 9.63. The number of hydrogen-bond donors (Lipinski definition) is 1. The quantitative estimate of drug-likeness (QED) is 0.323. The van der Waals surface area contributed by atoms with E-state index in [4.69, 9.17) is 0 Å². The summed E-state index contributed by atoms with van der Waals surface area (Å²) in [6.45, 7) is 14.7. The molecule has 1 fully saturated rings. The zero-order valence-electron chi connectivity index (χ0n) is 22.8. The predicted molar refractivity (Wildman–Crippen MR) is 155 cm³/mol. The van der Waals surface area contributed by atoms with E-state index in [1.54, 1.807) is 23.6 Å². The van der Waals surface area contributed by atoms with Gasteiger partial charge < -0.3 is 4.90 Å². The molecule has 2 heterocycles. The summed E-state index contributed by atoms with van der Waals surface area (Å²) in [6, 6.07) is 10.8. The van der Waals surface area contributed by atoms with Gasteiger partial charge in [0.2, 0.25) is 0 Å². The van der Waals surface area contributed by atoms with Gasteiger partial charge in [-0.05, 0) is 96.8 Å². The van der Waals surface area contributed by atoms with E-state index in [1.807, 2.05) is 12.1 Å². The van der Waals surface area contributed by atoms with Gasteiger partial charge in [0.05, 0.1) is 15.5 Å². The lowest BCUT2D eigenvalue weighted by Crippen LogP contribution is -2.31. The molecule has 1 aromatic heterocycles. The molecule has 0 atom stereocenters. The van der Waals surface area contributed by atoms with E-state index in [0.29, 0.717) is 10.6 Å². The van der Waals surface area contributed by atoms with Gasteiger partial charge in [-0.25, -0.2) is 8.42 Å². The SMILES string of the molecule is Cc1cc(C)c(N2CCCCC2)c(C)c1CC(=O)c1sccc1NS(=O)(=O)c1ccc(C(C)(C)C)cc1. The fourth-order valence-electron chi connectivity index (χ4n) is 5.27. The zero-order valence-corrected chi connectivity index (χ0v) is 24.4. The highest BCUT2D eigenvalue weighted by atomic mass is 32.2. The number of hydrogen-bond acceptors (Lipinski definition) is 5. The number of carbonyl (C=O) groups is 1. The first-order valence-electron chi connectivity index (χ1n) is 13.0. The Balaban J connectivity index is 1.58. The third-order valence-electron chi connectivity index (χ3n) is 7.29. The topological polar surface area (TPSA) is 66.5 Å². The highest BCUT2D eigenvalue weighted by Crippen LogP contribution is 2.34. The van der Waals surface area contributed by atoms with E-state index in [9.17, 15) is 13.2 Å². The van der Waals surface area contributed by atoms with Crippen molar-refractivity contribution in [2.45, 2.75) is 77.5 Å². The molecule has 0 bridgehead atoms. The molecule has 1 aliphatic heterocycles. The van der Waals surface area contributed by atoms with E-state index in [1.165, 1.54) is 41.9 Å². The average molecular weight is 539 g/mol. The number of rotatable bonds is 7. The highest BCUT2D eigenvalue weighted by molar-refractivity contribution is 7.92. The second-order valence-electron chi connectivity index (χ2n) is 11.2. The number of anilines is 2. The fourth-order valence-corrected chi connectivity index (χ4v) is 7.20. The van der Waals surface area contributed by atoms with Crippen LogP contribution >= 0.6 is 11.3 Å². The summed E-state index contributed by atoms with van der Waals surface area (Å²) >= 11 is 1.28. The number of benzene rings is 2. The van der Waals surface area contributed by atoms with Crippen molar-refractivity contribution in [3.63, 3.8) is 0 Å². The molecule has 5 nitrogen and oxygen atoms in total. The molecule has 37 heavy (non-hydrogen) atoms. The Morgan fingerprint density at radius 2 is 1.62 bits per heavy atom. The molecule has 1 saturated heterocycles. The van der Waals surface area contributed by atoms with Gasteiger partial charge in [0.15, 0.2) is 5.78 Å². The van der Waals surface area contributed by atoms with Crippen molar-refractivity contribution in [3.05, 3.63) is 74.5 Å². The molecule has 198 valence electrons. The van der Waals surface area contributed by atoms with Crippen LogP contribution in [0.2, 0.25) is 0 Å². The van der Waals surface area contributed by atoms with Crippen LogP contribution < -0.4 is 9.62 Å². The maximum atomic E-state index is 13.5. The lowest BCUT2D eigenvalue weighted by atomic mass is 9.87. The molecule has 1 N–H and O–H groups in total. The van der Waals surface area contributed by atoms with Gasteiger partial charge in [-0.2, -0.15) is 0 Å². The molecule has 0 aliphatic carbocycles. The summed E-state index contributed by atoms with van der Waals surface area (Å²) in [5, 5.41) is 1.77. The highest BCUT2D eigenvalue weighted by Gasteiger charge is 2.24. The first-order chi connectivity index (χ1) is 17.4. The maximum absolute atomic E-state index is 13.5. The monoisotopic (exact) mass is 538 g/mol. The average Bonchev–Trinajstić information content (AvgIpc) is 3.29. The Hall–Kier alpha value is -2.64. The van der Waals surface area contributed by atoms with Crippen LogP contribution in [0, 0.1) is 20.8 Å². The Bertz CT molecular complexity index is 1390. The number of sulfonamides is 1. The van der Waals surface area contributed by atoms with E-state index < -0.39 is 10.0 Å². The molecule has 0 saturated carbocycles. The van der Waals surface area contributed by atoms with Crippen LogP contribution in [0.25, 0.3) is 0 Å². The van der Waals surface area contributed by atoms with Crippen LogP contribution in [0.5, 0.6) is 0 Å². The van der Waals surface area contributed by atoms with Gasteiger partial charge in [-0.3, -0.25) is 9.52 Å². The van der Waals surface area contributed by atoms with Crippen LogP contribution in [-0.4, -0.2) is 27.3 Å². The molecule has 0 radical (unpaired) electrons. The van der Waals surface area contributed by atoms with Gasteiger partial charge in [-0.15, -0.1) is 11.3 Å². The van der Waals surface area contributed by atoms with E-state index in [2.05, 4.69) is 57.2 Å². The second kappa shape index (κ2) is 10.6. The van der Waals surface area contributed by atoms with Crippen LogP contribution in [0.1, 0.15) is 77.5 Å². The lowest BCUT2D eigenvalue weighted by Gasteiger charge is -2.33. The third kappa shape index (κ3) is 5.93. The number of carbonyl (C=O) groups excluding carboxylic acids is 1. The Morgan fingerprint density at radius 3 is 2.24 bits per heavy atom. The first-order valence-corrected chi connectivity index (χ1v) is 15.3. The molecule has 3 aromatic rings. The molecule has 4 rings (SSSR count). The maximum Gasteiger partial charge on any atom is 0.261 e. The normalized spacial score (nSPS) is 14.6. The van der Waals surface area contributed by atoms with Crippen molar-refractivity contribution in [3.8, 4) is 0 Å². The molecular formula is C30H38N2O3S2. The van der Waals surface area contributed by atoms with Gasteiger partial charge in [0, 0.05) is 25.2 Å². The van der Waals surface area contributed by atoms with Crippen molar-refractivity contribution in [2.24, 2.45) is 0 Å². The Morgan fingerprint density at radius 1 is 0.973 bits per heavy atom. The minimum Gasteiger partial charge on any atom is -0.371 e. The Labute approximate surface area is 226 Å². The van der Waals surface area contributed by atoms with Gasteiger partial charge in [0.1, 0.15) is 0 Å². The van der Waals surface area contributed by atoms with Crippen LogP contribution in [0.15, 0.2) is 46.7 Å². The number of thiophene rings is 1. The number of aryl methyl sites for hydroxylation is 2. The summed E-state index contributed by atoms with van der Waals surface area (Å²) in [5.41, 5.74) is 7.12. The van der Waals surface area contributed by atoms with Crippen molar-refractivity contribution in [1.29, 1.82) is 0 Å². The summed E-state index contributed by atoms with van der Waals surface area (Å²) < 4.78 is 28.9.